The van der Waals surface area contributed by atoms with Gasteiger partial charge in [0.05, 0.1) is 19.3 Å². The van der Waals surface area contributed by atoms with Crippen molar-refractivity contribution in [1.29, 1.82) is 0 Å². The highest BCUT2D eigenvalue weighted by atomic mass is 16.7. The Hall–Kier alpha value is -1.79. The van der Waals surface area contributed by atoms with Crippen LogP contribution in [0.4, 0.5) is 0 Å². The average molecular weight is 320 g/mol. The molecule has 0 unspecified atom stereocenters. The minimum absolute atomic E-state index is 0.103. The highest BCUT2D eigenvalue weighted by Gasteiger charge is 2.25. The molecule has 1 amide bonds. The predicted octanol–water partition coefficient (Wildman–Crippen LogP) is 1.70. The number of nitrogens with zero attached hydrogens (tertiary/aromatic N) is 1. The molecule has 0 aromatic heterocycles. The minimum Gasteiger partial charge on any atom is -0.454 e. The fourth-order valence-electron chi connectivity index (χ4n) is 2.99. The molecule has 1 fully saturated rings. The Morgan fingerprint density at radius 3 is 2.83 bits per heavy atom. The molecule has 6 heteroatoms. The highest BCUT2D eigenvalue weighted by molar-refractivity contribution is 5.75. The number of rotatable bonds is 6. The van der Waals surface area contributed by atoms with E-state index in [4.69, 9.17) is 14.2 Å². The Labute approximate surface area is 136 Å². The summed E-state index contributed by atoms with van der Waals surface area (Å²) < 4.78 is 16.3. The van der Waals surface area contributed by atoms with Crippen molar-refractivity contribution in [3.05, 3.63) is 23.8 Å². The molecule has 0 bridgehead atoms. The van der Waals surface area contributed by atoms with Gasteiger partial charge in [0.15, 0.2) is 11.5 Å². The summed E-state index contributed by atoms with van der Waals surface area (Å²) in [6, 6.07) is 6.14. The number of benzene rings is 1. The van der Waals surface area contributed by atoms with Gasteiger partial charge in [0.25, 0.3) is 0 Å². The summed E-state index contributed by atoms with van der Waals surface area (Å²) in [5.74, 6) is 1.66. The third kappa shape index (κ3) is 3.95. The zero-order valence-corrected chi connectivity index (χ0v) is 13.5. The Morgan fingerprint density at radius 1 is 1.26 bits per heavy atom. The molecule has 6 nitrogen and oxygen atoms in total. The van der Waals surface area contributed by atoms with E-state index in [1.54, 1.807) is 0 Å². The zero-order chi connectivity index (χ0) is 16.1. The van der Waals surface area contributed by atoms with Crippen LogP contribution in [0.15, 0.2) is 18.2 Å². The molecular formula is C17H24N2O4. The van der Waals surface area contributed by atoms with Crippen LogP contribution in [0, 0.1) is 0 Å². The molecule has 1 saturated heterocycles. The lowest BCUT2D eigenvalue weighted by molar-refractivity contribution is -0.121. The molecule has 0 saturated carbocycles. The quantitative estimate of drug-likeness (QED) is 0.864. The van der Waals surface area contributed by atoms with Gasteiger partial charge in [0.1, 0.15) is 0 Å². The molecule has 2 aliphatic heterocycles. The topological polar surface area (TPSA) is 60.0 Å². The maximum Gasteiger partial charge on any atom is 0.231 e. The molecule has 1 N–H and O–H groups in total. The van der Waals surface area contributed by atoms with Crippen molar-refractivity contribution >= 4 is 5.91 Å². The number of fused-ring (bicyclic) bond motifs is 1. The Kier molecular flexibility index (Phi) is 5.35. The first-order chi connectivity index (χ1) is 11.3. The van der Waals surface area contributed by atoms with E-state index in [2.05, 4.69) is 16.3 Å². The maximum atomic E-state index is 11.8. The van der Waals surface area contributed by atoms with E-state index in [-0.39, 0.29) is 18.7 Å². The molecule has 1 aromatic carbocycles. The molecule has 0 radical (unpaired) electrons. The Balaban J connectivity index is 1.75. The van der Waals surface area contributed by atoms with Crippen molar-refractivity contribution in [3.63, 3.8) is 0 Å². The zero-order valence-electron chi connectivity index (χ0n) is 13.5. The van der Waals surface area contributed by atoms with Crippen LogP contribution in [0.1, 0.15) is 31.4 Å². The second-order valence-corrected chi connectivity index (χ2v) is 5.83. The largest absolute Gasteiger partial charge is 0.454 e. The minimum atomic E-state index is 0.103. The molecule has 23 heavy (non-hydrogen) atoms. The van der Waals surface area contributed by atoms with Gasteiger partial charge >= 0.3 is 0 Å². The van der Waals surface area contributed by atoms with Gasteiger partial charge in [0, 0.05) is 26.1 Å². The van der Waals surface area contributed by atoms with E-state index in [1.165, 1.54) is 0 Å². The average Bonchev–Trinajstić information content (AvgIpc) is 3.04. The first kappa shape index (κ1) is 16.1. The van der Waals surface area contributed by atoms with Crippen LogP contribution >= 0.6 is 0 Å². The summed E-state index contributed by atoms with van der Waals surface area (Å²) in [5, 5.41) is 3.05. The molecule has 126 valence electrons. The second kappa shape index (κ2) is 7.66. The van der Waals surface area contributed by atoms with Crippen LogP contribution < -0.4 is 14.8 Å². The molecule has 0 aliphatic carbocycles. The van der Waals surface area contributed by atoms with E-state index < -0.39 is 0 Å². The number of hydrogen-bond donors (Lipinski definition) is 1. The number of hydrogen-bond acceptors (Lipinski definition) is 5. The first-order valence-corrected chi connectivity index (χ1v) is 8.26. The Bertz CT molecular complexity index is 543. The van der Waals surface area contributed by atoms with Crippen molar-refractivity contribution in [2.75, 3.05) is 39.6 Å². The lowest BCUT2D eigenvalue weighted by atomic mass is 10.0. The van der Waals surface area contributed by atoms with Crippen LogP contribution in [0.25, 0.3) is 0 Å². The Morgan fingerprint density at radius 2 is 2.04 bits per heavy atom. The van der Waals surface area contributed by atoms with Crippen molar-refractivity contribution < 1.29 is 19.0 Å². The van der Waals surface area contributed by atoms with Crippen LogP contribution in [-0.2, 0) is 9.53 Å². The van der Waals surface area contributed by atoms with Crippen LogP contribution in [0.2, 0.25) is 0 Å². The van der Waals surface area contributed by atoms with E-state index >= 15 is 0 Å². The third-order valence-corrected chi connectivity index (χ3v) is 4.24. The summed E-state index contributed by atoms with van der Waals surface area (Å²) in [6.07, 6.45) is 1.43. The van der Waals surface area contributed by atoms with Gasteiger partial charge in [-0.25, -0.2) is 0 Å². The fourth-order valence-corrected chi connectivity index (χ4v) is 2.99. The number of nitrogens with one attached hydrogen (secondary N) is 1. The normalized spacial score (nSPS) is 18.7. The number of carbonyl (C=O) groups is 1. The smallest absolute Gasteiger partial charge is 0.231 e. The van der Waals surface area contributed by atoms with E-state index in [1.807, 2.05) is 19.1 Å². The van der Waals surface area contributed by atoms with E-state index in [0.29, 0.717) is 13.0 Å². The number of ether oxygens (including phenoxy) is 3. The van der Waals surface area contributed by atoms with Crippen LogP contribution in [-0.4, -0.2) is 50.4 Å². The van der Waals surface area contributed by atoms with Crippen molar-refractivity contribution in [3.8, 4) is 11.5 Å². The fraction of sp³-hybridized carbons (Fsp3) is 0.588. The molecule has 2 aliphatic rings. The first-order valence-electron chi connectivity index (χ1n) is 8.26. The van der Waals surface area contributed by atoms with Gasteiger partial charge in [-0.1, -0.05) is 13.0 Å². The molecule has 1 atom stereocenters. The van der Waals surface area contributed by atoms with Crippen LogP contribution in [0.5, 0.6) is 11.5 Å². The summed E-state index contributed by atoms with van der Waals surface area (Å²) >= 11 is 0. The second-order valence-electron chi connectivity index (χ2n) is 5.83. The van der Waals surface area contributed by atoms with Crippen LogP contribution in [0.3, 0.4) is 0 Å². The van der Waals surface area contributed by atoms with Gasteiger partial charge in [-0.15, -0.1) is 0 Å². The molecule has 0 spiro atoms. The van der Waals surface area contributed by atoms with Gasteiger partial charge in [-0.05, 0) is 24.1 Å². The summed E-state index contributed by atoms with van der Waals surface area (Å²) in [4.78, 5) is 14.2. The lowest BCUT2D eigenvalue weighted by Gasteiger charge is -2.35. The van der Waals surface area contributed by atoms with Gasteiger partial charge in [-0.3, -0.25) is 9.69 Å². The standard InChI is InChI=1S/C17H24N2O4/c1-2-3-17(20)18-11-14(19-6-8-21-9-7-19)13-4-5-15-16(10-13)23-12-22-15/h4-5,10,14H,2-3,6-9,11-12H2,1H3,(H,18,20)/t14-/m1/s1. The van der Waals surface area contributed by atoms with Gasteiger partial charge in [-0.2, -0.15) is 0 Å². The van der Waals surface area contributed by atoms with Crippen molar-refractivity contribution in [1.82, 2.24) is 10.2 Å². The molecule has 1 aromatic rings. The number of amides is 1. The summed E-state index contributed by atoms with van der Waals surface area (Å²) in [6.45, 7) is 6.06. The summed E-state index contributed by atoms with van der Waals surface area (Å²) in [7, 11) is 0. The van der Waals surface area contributed by atoms with Crippen molar-refractivity contribution in [2.45, 2.75) is 25.8 Å². The third-order valence-electron chi connectivity index (χ3n) is 4.24. The predicted molar refractivity (Wildman–Crippen MR) is 85.6 cm³/mol. The van der Waals surface area contributed by atoms with Crippen molar-refractivity contribution in [2.24, 2.45) is 0 Å². The summed E-state index contributed by atoms with van der Waals surface area (Å²) in [5.41, 5.74) is 1.13. The number of carbonyl (C=O) groups excluding carboxylic acids is 1. The SMILES string of the molecule is CCCC(=O)NC[C@H](c1ccc2c(c1)OCO2)N1CCOCC1. The monoisotopic (exact) mass is 320 g/mol. The molecular weight excluding hydrogens is 296 g/mol. The maximum absolute atomic E-state index is 11.8. The molecule has 2 heterocycles. The van der Waals surface area contributed by atoms with E-state index in [9.17, 15) is 4.79 Å². The highest BCUT2D eigenvalue weighted by Crippen LogP contribution is 2.35. The van der Waals surface area contributed by atoms with Gasteiger partial charge in [0.2, 0.25) is 12.7 Å². The molecule has 3 rings (SSSR count). The lowest BCUT2D eigenvalue weighted by Crippen LogP contribution is -2.43. The van der Waals surface area contributed by atoms with E-state index in [0.717, 1.165) is 49.8 Å². The van der Waals surface area contributed by atoms with Gasteiger partial charge < -0.3 is 19.5 Å². The number of morpholine rings is 1.